The van der Waals surface area contributed by atoms with Crippen molar-refractivity contribution in [1.82, 2.24) is 10.2 Å². The third-order valence-electron chi connectivity index (χ3n) is 7.09. The molecule has 3 aromatic carbocycles. The Morgan fingerprint density at radius 2 is 1.67 bits per heavy atom. The molecular formula is C28H24F6IN3O4. The fraction of sp³-hybridized carbons (Fsp3) is 0.286. The Labute approximate surface area is 250 Å². The number of nitrogens with one attached hydrogen (secondary N) is 2. The number of anilines is 2. The van der Waals surface area contributed by atoms with Gasteiger partial charge in [-0.2, -0.15) is 13.2 Å². The molecule has 4 rings (SSSR count). The SMILES string of the molecule is CO[C@](C(=O)N[C@H](C)C1(O)CN(C(=O)c2ccc(F)c(F)c2Nc2ccc(I)cc2F)C1)(c1ccccc1)C(F)(F)F. The maximum absolute atomic E-state index is 14.8. The van der Waals surface area contributed by atoms with Gasteiger partial charge in [0.25, 0.3) is 17.4 Å². The molecule has 1 saturated heterocycles. The molecule has 0 aliphatic carbocycles. The molecular weight excluding hydrogens is 683 g/mol. The molecule has 3 aromatic rings. The second-order valence-corrected chi connectivity index (χ2v) is 11.0. The van der Waals surface area contributed by atoms with E-state index in [1.165, 1.54) is 37.3 Å². The zero-order chi connectivity index (χ0) is 31.0. The number of halogens is 7. The number of hydrogen-bond acceptors (Lipinski definition) is 5. The number of carbonyl (C=O) groups excluding carboxylic acids is 2. The molecule has 1 heterocycles. The fourth-order valence-corrected chi connectivity index (χ4v) is 5.09. The summed E-state index contributed by atoms with van der Waals surface area (Å²) in [5.41, 5.74) is -6.99. The predicted octanol–water partition coefficient (Wildman–Crippen LogP) is 5.25. The van der Waals surface area contributed by atoms with E-state index in [0.717, 1.165) is 36.3 Å². The van der Waals surface area contributed by atoms with Gasteiger partial charge in [0.1, 0.15) is 11.4 Å². The van der Waals surface area contributed by atoms with Crippen molar-refractivity contribution in [2.75, 3.05) is 25.5 Å². The summed E-state index contributed by atoms with van der Waals surface area (Å²) in [6.45, 7) is 0.313. The number of nitrogens with zero attached hydrogens (tertiary/aromatic N) is 1. The van der Waals surface area contributed by atoms with Crippen LogP contribution in [0.25, 0.3) is 0 Å². The number of likely N-dealkylation sites (tertiary alicyclic amines) is 1. The van der Waals surface area contributed by atoms with Gasteiger partial charge >= 0.3 is 6.18 Å². The van der Waals surface area contributed by atoms with E-state index in [0.29, 0.717) is 9.64 Å². The number of rotatable bonds is 8. The number of methoxy groups -OCH3 is 1. The number of ether oxygens (including phenoxy) is 1. The zero-order valence-electron chi connectivity index (χ0n) is 22.0. The minimum atomic E-state index is -5.18. The van der Waals surface area contributed by atoms with Crippen molar-refractivity contribution in [3.8, 4) is 0 Å². The third kappa shape index (κ3) is 5.66. The van der Waals surface area contributed by atoms with Crippen LogP contribution in [0.4, 0.5) is 37.7 Å². The summed E-state index contributed by atoms with van der Waals surface area (Å²) in [6, 6.07) is 10.5. The normalized spacial score (nSPS) is 16.7. The summed E-state index contributed by atoms with van der Waals surface area (Å²) < 4.78 is 91.2. The van der Waals surface area contributed by atoms with Crippen molar-refractivity contribution < 1.29 is 45.8 Å². The number of amides is 2. The standard InChI is InChI=1S/C28H24F6IN3O4/c1-15(36-25(40)27(42-2,28(32,33)34)16-6-4-3-5-7-16)26(41)13-38(14-26)24(39)18-9-10-19(29)22(31)23(18)37-21-11-8-17(35)12-20(21)30/h3-12,15,37,41H,13-14H2,1-2H3,(H,36,40)/t15-,27+/m1/s1. The Kier molecular flexibility index (Phi) is 8.81. The van der Waals surface area contributed by atoms with Gasteiger partial charge < -0.3 is 25.4 Å². The van der Waals surface area contributed by atoms with Crippen LogP contribution in [0.1, 0.15) is 22.8 Å². The monoisotopic (exact) mass is 707 g/mol. The van der Waals surface area contributed by atoms with E-state index < -0.39 is 77.0 Å². The lowest BCUT2D eigenvalue weighted by molar-refractivity contribution is -0.266. The van der Waals surface area contributed by atoms with E-state index in [9.17, 15) is 41.0 Å². The molecule has 14 heteroatoms. The number of alkyl halides is 3. The van der Waals surface area contributed by atoms with Crippen LogP contribution in [0.3, 0.4) is 0 Å². The van der Waals surface area contributed by atoms with Gasteiger partial charge in [-0.1, -0.05) is 30.3 Å². The van der Waals surface area contributed by atoms with Crippen LogP contribution in [0.5, 0.6) is 0 Å². The number of aliphatic hydroxyl groups is 1. The van der Waals surface area contributed by atoms with E-state index in [1.807, 2.05) is 22.6 Å². The molecule has 0 spiro atoms. The van der Waals surface area contributed by atoms with E-state index in [2.05, 4.69) is 10.6 Å². The average Bonchev–Trinajstić information content (AvgIpc) is 2.91. The average molecular weight is 707 g/mol. The predicted molar refractivity (Wildman–Crippen MR) is 148 cm³/mol. The molecule has 2 amide bonds. The lowest BCUT2D eigenvalue weighted by atomic mass is 9.84. The van der Waals surface area contributed by atoms with Gasteiger partial charge in [0.2, 0.25) is 0 Å². The maximum Gasteiger partial charge on any atom is 0.430 e. The quantitative estimate of drug-likeness (QED) is 0.220. The molecule has 1 fully saturated rings. The summed E-state index contributed by atoms with van der Waals surface area (Å²) in [4.78, 5) is 27.3. The molecule has 0 aromatic heterocycles. The highest BCUT2D eigenvalue weighted by molar-refractivity contribution is 14.1. The van der Waals surface area contributed by atoms with Crippen molar-refractivity contribution in [3.05, 3.63) is 92.8 Å². The Bertz CT molecular complexity index is 1500. The zero-order valence-corrected chi connectivity index (χ0v) is 24.2. The number of hydrogen-bond donors (Lipinski definition) is 3. The first-order valence-corrected chi connectivity index (χ1v) is 13.4. The number of carbonyl (C=O) groups is 2. The third-order valence-corrected chi connectivity index (χ3v) is 7.76. The van der Waals surface area contributed by atoms with Gasteiger partial charge in [0, 0.05) is 16.2 Å². The van der Waals surface area contributed by atoms with Crippen molar-refractivity contribution >= 4 is 45.8 Å². The minimum absolute atomic E-state index is 0.227. The Morgan fingerprint density at radius 1 is 1.02 bits per heavy atom. The largest absolute Gasteiger partial charge is 0.430 e. The molecule has 224 valence electrons. The van der Waals surface area contributed by atoms with Crippen LogP contribution < -0.4 is 10.6 Å². The molecule has 0 unspecified atom stereocenters. The Balaban J connectivity index is 1.53. The number of benzene rings is 3. The van der Waals surface area contributed by atoms with Crippen LogP contribution in [0, 0.1) is 21.0 Å². The Morgan fingerprint density at radius 3 is 2.24 bits per heavy atom. The van der Waals surface area contributed by atoms with Crippen LogP contribution >= 0.6 is 22.6 Å². The minimum Gasteiger partial charge on any atom is -0.384 e. The second-order valence-electron chi connectivity index (χ2n) is 9.74. The van der Waals surface area contributed by atoms with Crippen molar-refractivity contribution in [2.45, 2.75) is 30.3 Å². The highest BCUT2D eigenvalue weighted by Crippen LogP contribution is 2.42. The van der Waals surface area contributed by atoms with Crippen LogP contribution in [0.2, 0.25) is 0 Å². The molecule has 0 radical (unpaired) electrons. The summed E-state index contributed by atoms with van der Waals surface area (Å²) in [6.07, 6.45) is -5.18. The van der Waals surface area contributed by atoms with E-state index in [4.69, 9.17) is 4.74 Å². The summed E-state index contributed by atoms with van der Waals surface area (Å²) in [7, 11) is 0.735. The van der Waals surface area contributed by atoms with Crippen LogP contribution in [0.15, 0.2) is 60.7 Å². The lowest BCUT2D eigenvalue weighted by Crippen LogP contribution is -2.72. The first-order chi connectivity index (χ1) is 19.6. The van der Waals surface area contributed by atoms with Crippen molar-refractivity contribution in [3.63, 3.8) is 0 Å². The van der Waals surface area contributed by atoms with Crippen LogP contribution in [-0.2, 0) is 15.1 Å². The van der Waals surface area contributed by atoms with E-state index >= 15 is 0 Å². The second kappa shape index (κ2) is 11.7. The number of β-amino-alcohol motifs (C(OH)–C–C–N with tert-alkyl or cyclic N) is 1. The fourth-order valence-electron chi connectivity index (χ4n) is 4.63. The molecule has 42 heavy (non-hydrogen) atoms. The smallest absolute Gasteiger partial charge is 0.384 e. The van der Waals surface area contributed by atoms with Gasteiger partial charge in [-0.15, -0.1) is 0 Å². The lowest BCUT2D eigenvalue weighted by Gasteiger charge is -2.50. The Hall–Kier alpha value is -3.37. The summed E-state index contributed by atoms with van der Waals surface area (Å²) in [5, 5.41) is 15.6. The highest BCUT2D eigenvalue weighted by atomic mass is 127. The summed E-state index contributed by atoms with van der Waals surface area (Å²) >= 11 is 1.86. The first kappa shape index (κ1) is 31.6. The van der Waals surface area contributed by atoms with Crippen molar-refractivity contribution in [1.29, 1.82) is 0 Å². The molecule has 0 saturated carbocycles. The molecule has 7 nitrogen and oxygen atoms in total. The van der Waals surface area contributed by atoms with E-state index in [1.54, 1.807) is 0 Å². The maximum atomic E-state index is 14.8. The molecule has 1 aliphatic rings. The van der Waals surface area contributed by atoms with Crippen molar-refractivity contribution in [2.24, 2.45) is 0 Å². The van der Waals surface area contributed by atoms with Gasteiger partial charge in [0.15, 0.2) is 11.6 Å². The molecule has 0 bridgehead atoms. The topological polar surface area (TPSA) is 90.9 Å². The van der Waals surface area contributed by atoms with Crippen LogP contribution in [-0.4, -0.2) is 59.8 Å². The van der Waals surface area contributed by atoms with Gasteiger partial charge in [0.05, 0.1) is 36.1 Å². The molecule has 2 atom stereocenters. The first-order valence-electron chi connectivity index (χ1n) is 12.3. The van der Waals surface area contributed by atoms with E-state index in [-0.39, 0.29) is 11.3 Å². The van der Waals surface area contributed by atoms with Gasteiger partial charge in [-0.25, -0.2) is 13.2 Å². The van der Waals surface area contributed by atoms with Gasteiger partial charge in [-0.3, -0.25) is 9.59 Å². The summed E-state index contributed by atoms with van der Waals surface area (Å²) in [5.74, 6) is -5.99. The molecule has 3 N–H and O–H groups in total. The van der Waals surface area contributed by atoms with Gasteiger partial charge in [-0.05, 0) is 59.8 Å². The molecule has 1 aliphatic heterocycles. The highest BCUT2D eigenvalue weighted by Gasteiger charge is 2.63.